The highest BCUT2D eigenvalue weighted by Gasteiger charge is 2.29. The molecule has 0 saturated carbocycles. The molecule has 2 N–H and O–H groups in total. The molecular weight excluding hydrogens is 246 g/mol. The van der Waals surface area contributed by atoms with E-state index in [1.807, 2.05) is 0 Å². The van der Waals surface area contributed by atoms with Gasteiger partial charge in [-0.3, -0.25) is 9.80 Å². The number of hydrogen-bond donors (Lipinski definition) is 1. The second kappa shape index (κ2) is 6.70. The molecule has 112 valence electrons. The number of rotatable bonds is 5. The van der Waals surface area contributed by atoms with Crippen LogP contribution in [-0.2, 0) is 5.41 Å². The van der Waals surface area contributed by atoms with Gasteiger partial charge in [-0.2, -0.15) is 0 Å². The minimum Gasteiger partial charge on any atom is -0.330 e. The molecule has 2 rings (SSSR count). The van der Waals surface area contributed by atoms with Gasteiger partial charge in [0.05, 0.1) is 0 Å². The van der Waals surface area contributed by atoms with Crippen LogP contribution >= 0.6 is 0 Å². The fraction of sp³-hybridized carbons (Fsp3) is 0.647. The largest absolute Gasteiger partial charge is 0.330 e. The summed E-state index contributed by atoms with van der Waals surface area (Å²) in [6.07, 6.45) is 0. The van der Waals surface area contributed by atoms with Gasteiger partial charge in [0, 0.05) is 50.7 Å². The van der Waals surface area contributed by atoms with Crippen LogP contribution in [0.2, 0.25) is 0 Å². The van der Waals surface area contributed by atoms with E-state index in [1.165, 1.54) is 18.7 Å². The van der Waals surface area contributed by atoms with E-state index in [4.69, 9.17) is 5.73 Å². The van der Waals surface area contributed by atoms with Crippen LogP contribution < -0.4 is 5.73 Å². The lowest BCUT2D eigenvalue weighted by atomic mass is 9.82. The van der Waals surface area contributed by atoms with E-state index in [0.717, 1.165) is 19.6 Å². The molecule has 1 atom stereocenters. The fourth-order valence-corrected chi connectivity index (χ4v) is 3.05. The van der Waals surface area contributed by atoms with Crippen molar-refractivity contribution in [3.8, 4) is 0 Å². The van der Waals surface area contributed by atoms with Gasteiger partial charge in [0.1, 0.15) is 0 Å². The predicted octanol–water partition coefficient (Wildman–Crippen LogP) is 1.93. The predicted molar refractivity (Wildman–Crippen MR) is 86.0 cm³/mol. The monoisotopic (exact) mass is 275 g/mol. The lowest BCUT2D eigenvalue weighted by Gasteiger charge is -2.41. The van der Waals surface area contributed by atoms with Crippen molar-refractivity contribution in [3.05, 3.63) is 35.9 Å². The lowest BCUT2D eigenvalue weighted by Crippen LogP contribution is -2.53. The van der Waals surface area contributed by atoms with E-state index in [-0.39, 0.29) is 5.41 Å². The summed E-state index contributed by atoms with van der Waals surface area (Å²) in [6.45, 7) is 13.3. The zero-order valence-electron chi connectivity index (χ0n) is 13.2. The molecule has 20 heavy (non-hydrogen) atoms. The van der Waals surface area contributed by atoms with Gasteiger partial charge in [-0.1, -0.05) is 37.3 Å². The van der Waals surface area contributed by atoms with Gasteiger partial charge in [0.25, 0.3) is 0 Å². The first kappa shape index (κ1) is 15.5. The summed E-state index contributed by atoms with van der Waals surface area (Å²) in [4.78, 5) is 5.12. The fourth-order valence-electron chi connectivity index (χ4n) is 3.05. The van der Waals surface area contributed by atoms with Gasteiger partial charge < -0.3 is 5.73 Å². The highest BCUT2D eigenvalue weighted by atomic mass is 15.3. The number of hydrogen-bond acceptors (Lipinski definition) is 3. The van der Waals surface area contributed by atoms with Crippen molar-refractivity contribution in [3.63, 3.8) is 0 Å². The molecule has 1 aliphatic rings. The molecule has 1 aliphatic heterocycles. The van der Waals surface area contributed by atoms with E-state index in [1.54, 1.807) is 0 Å². The molecule has 3 heteroatoms. The molecule has 3 nitrogen and oxygen atoms in total. The second-order valence-corrected chi connectivity index (χ2v) is 6.54. The van der Waals surface area contributed by atoms with Crippen LogP contribution in [0.4, 0.5) is 0 Å². The molecule has 0 bridgehead atoms. The Balaban J connectivity index is 1.98. The van der Waals surface area contributed by atoms with E-state index < -0.39 is 0 Å². The summed E-state index contributed by atoms with van der Waals surface area (Å²) in [7, 11) is 0. The number of nitrogens with two attached hydrogens (primary N) is 1. The molecule has 0 radical (unpaired) electrons. The third kappa shape index (κ3) is 3.60. The summed E-state index contributed by atoms with van der Waals surface area (Å²) in [6, 6.07) is 11.4. The van der Waals surface area contributed by atoms with Crippen LogP contribution in [0.25, 0.3) is 0 Å². The maximum Gasteiger partial charge on any atom is 0.0174 e. The standard InChI is InChI=1S/C17H29N3/c1-15(2)20-11-9-19(10-12-20)14-17(3,13-18)16-7-5-4-6-8-16/h4-8,15H,9-14,18H2,1-3H3. The Labute approximate surface area is 123 Å². The minimum absolute atomic E-state index is 0.0568. The molecule has 1 aromatic rings. The Morgan fingerprint density at radius 3 is 2.20 bits per heavy atom. The number of benzene rings is 1. The lowest BCUT2D eigenvalue weighted by molar-refractivity contribution is 0.0934. The highest BCUT2D eigenvalue weighted by Crippen LogP contribution is 2.24. The quantitative estimate of drug-likeness (QED) is 0.891. The molecule has 1 aromatic carbocycles. The van der Waals surface area contributed by atoms with Crippen LogP contribution in [0.3, 0.4) is 0 Å². The molecule has 0 spiro atoms. The number of piperazine rings is 1. The first-order valence-electron chi connectivity index (χ1n) is 7.77. The molecule has 1 unspecified atom stereocenters. The van der Waals surface area contributed by atoms with Crippen LogP contribution in [-0.4, -0.2) is 55.1 Å². The first-order valence-corrected chi connectivity index (χ1v) is 7.77. The van der Waals surface area contributed by atoms with Crippen molar-refractivity contribution in [2.45, 2.75) is 32.2 Å². The van der Waals surface area contributed by atoms with Crippen molar-refractivity contribution < 1.29 is 0 Å². The SMILES string of the molecule is CC(C)N1CCN(CC(C)(CN)c2ccccc2)CC1. The van der Waals surface area contributed by atoms with Gasteiger partial charge in [0.2, 0.25) is 0 Å². The maximum absolute atomic E-state index is 6.09. The molecule has 0 aromatic heterocycles. The first-order chi connectivity index (χ1) is 9.55. The molecule has 1 heterocycles. The minimum atomic E-state index is 0.0568. The Bertz CT molecular complexity index is 396. The Kier molecular flexibility index (Phi) is 5.19. The van der Waals surface area contributed by atoms with Crippen LogP contribution in [0.5, 0.6) is 0 Å². The van der Waals surface area contributed by atoms with Gasteiger partial charge in [-0.25, -0.2) is 0 Å². The van der Waals surface area contributed by atoms with Crippen molar-refractivity contribution in [2.24, 2.45) is 5.73 Å². The van der Waals surface area contributed by atoms with Crippen LogP contribution in [0.1, 0.15) is 26.3 Å². The van der Waals surface area contributed by atoms with Gasteiger partial charge in [0.15, 0.2) is 0 Å². The average Bonchev–Trinajstić information content (AvgIpc) is 2.48. The van der Waals surface area contributed by atoms with Crippen molar-refractivity contribution >= 4 is 0 Å². The second-order valence-electron chi connectivity index (χ2n) is 6.54. The van der Waals surface area contributed by atoms with Crippen molar-refractivity contribution in [2.75, 3.05) is 39.3 Å². The zero-order valence-corrected chi connectivity index (χ0v) is 13.2. The van der Waals surface area contributed by atoms with E-state index in [2.05, 4.69) is 60.9 Å². The summed E-state index contributed by atoms with van der Waals surface area (Å²) < 4.78 is 0. The van der Waals surface area contributed by atoms with Gasteiger partial charge in [-0.15, -0.1) is 0 Å². The summed E-state index contributed by atoms with van der Waals surface area (Å²) >= 11 is 0. The van der Waals surface area contributed by atoms with Gasteiger partial charge >= 0.3 is 0 Å². The van der Waals surface area contributed by atoms with Crippen LogP contribution in [0, 0.1) is 0 Å². The summed E-state index contributed by atoms with van der Waals surface area (Å²) in [5.41, 5.74) is 7.51. The highest BCUT2D eigenvalue weighted by molar-refractivity contribution is 5.25. The van der Waals surface area contributed by atoms with E-state index in [9.17, 15) is 0 Å². The Morgan fingerprint density at radius 1 is 1.10 bits per heavy atom. The zero-order chi connectivity index (χ0) is 14.6. The molecular formula is C17H29N3. The third-order valence-electron chi connectivity index (χ3n) is 4.63. The summed E-state index contributed by atoms with van der Waals surface area (Å²) in [5, 5.41) is 0. The van der Waals surface area contributed by atoms with E-state index >= 15 is 0 Å². The molecule has 0 aliphatic carbocycles. The Hall–Kier alpha value is -0.900. The third-order valence-corrected chi connectivity index (χ3v) is 4.63. The van der Waals surface area contributed by atoms with Crippen LogP contribution in [0.15, 0.2) is 30.3 Å². The van der Waals surface area contributed by atoms with E-state index in [0.29, 0.717) is 12.6 Å². The smallest absolute Gasteiger partial charge is 0.0174 e. The average molecular weight is 275 g/mol. The molecule has 1 fully saturated rings. The molecule has 1 saturated heterocycles. The molecule has 0 amide bonds. The normalized spacial score (nSPS) is 21.1. The van der Waals surface area contributed by atoms with Crippen molar-refractivity contribution in [1.82, 2.24) is 9.80 Å². The van der Waals surface area contributed by atoms with Gasteiger partial charge in [-0.05, 0) is 19.4 Å². The number of nitrogens with zero attached hydrogens (tertiary/aromatic N) is 2. The maximum atomic E-state index is 6.09. The Morgan fingerprint density at radius 2 is 1.70 bits per heavy atom. The van der Waals surface area contributed by atoms with Crippen molar-refractivity contribution in [1.29, 1.82) is 0 Å². The summed E-state index contributed by atoms with van der Waals surface area (Å²) in [5.74, 6) is 0. The topological polar surface area (TPSA) is 32.5 Å².